The molecular weight excluding hydrogens is 344 g/mol. The first-order chi connectivity index (χ1) is 10.2. The molecular formula is C13H14N2O4S3. The van der Waals surface area contributed by atoms with Crippen molar-refractivity contribution in [1.82, 2.24) is 9.71 Å². The van der Waals surface area contributed by atoms with Gasteiger partial charge in [0, 0.05) is 4.88 Å². The summed E-state index contributed by atoms with van der Waals surface area (Å²) in [6, 6.07) is 5.66. The van der Waals surface area contributed by atoms with Gasteiger partial charge in [-0.3, -0.25) is 0 Å². The first-order valence-electron chi connectivity index (χ1n) is 6.49. The summed E-state index contributed by atoms with van der Waals surface area (Å²) < 4.78 is 51.5. The van der Waals surface area contributed by atoms with E-state index >= 15 is 0 Å². The number of hydrogen-bond acceptors (Lipinski definition) is 6. The van der Waals surface area contributed by atoms with Gasteiger partial charge in [-0.15, -0.1) is 11.3 Å². The van der Waals surface area contributed by atoms with Crippen LogP contribution < -0.4 is 4.72 Å². The van der Waals surface area contributed by atoms with Crippen LogP contribution in [0.1, 0.15) is 22.2 Å². The van der Waals surface area contributed by atoms with Crippen LogP contribution in [0, 0.1) is 13.8 Å². The van der Waals surface area contributed by atoms with Gasteiger partial charge in [-0.25, -0.2) is 26.5 Å². The van der Waals surface area contributed by atoms with Gasteiger partial charge in [0.25, 0.3) is 10.0 Å². The van der Waals surface area contributed by atoms with Crippen molar-refractivity contribution in [1.29, 1.82) is 0 Å². The zero-order chi connectivity index (χ0) is 16.1. The summed E-state index contributed by atoms with van der Waals surface area (Å²) in [5.41, 5.74) is 1.14. The van der Waals surface area contributed by atoms with Crippen molar-refractivity contribution in [3.05, 3.63) is 40.4 Å². The molecule has 9 heteroatoms. The zero-order valence-corrected chi connectivity index (χ0v) is 14.3. The number of aromatic nitrogens is 1. The number of sulfonamides is 1. The molecule has 1 aliphatic heterocycles. The normalized spacial score (nSPS) is 20.0. The van der Waals surface area contributed by atoms with E-state index in [0.29, 0.717) is 11.3 Å². The maximum atomic E-state index is 12.4. The molecule has 2 aromatic rings. The van der Waals surface area contributed by atoms with E-state index in [0.717, 1.165) is 16.2 Å². The molecule has 1 N–H and O–H groups in total. The number of benzene rings is 1. The molecule has 3 rings (SSSR count). The second-order valence-electron chi connectivity index (χ2n) is 5.11. The molecule has 0 radical (unpaired) electrons. The number of nitrogens with zero attached hydrogens (tertiary/aromatic N) is 1. The summed E-state index contributed by atoms with van der Waals surface area (Å²) in [5.74, 6) is -0.269. The molecule has 118 valence electrons. The third kappa shape index (κ3) is 2.58. The third-order valence-electron chi connectivity index (χ3n) is 3.55. The van der Waals surface area contributed by atoms with E-state index in [1.807, 2.05) is 0 Å². The van der Waals surface area contributed by atoms with Crippen LogP contribution in [0.4, 0.5) is 0 Å². The molecule has 1 aromatic heterocycles. The minimum atomic E-state index is -3.85. The van der Waals surface area contributed by atoms with Crippen molar-refractivity contribution < 1.29 is 16.8 Å². The third-order valence-corrected chi connectivity index (χ3v) is 8.29. The highest BCUT2D eigenvalue weighted by atomic mass is 32.2. The molecule has 0 saturated heterocycles. The number of sulfone groups is 1. The van der Waals surface area contributed by atoms with Crippen molar-refractivity contribution in [3.8, 4) is 0 Å². The first kappa shape index (κ1) is 15.6. The number of nitrogens with one attached hydrogen (secondary N) is 1. The molecule has 6 nitrogen and oxygen atoms in total. The van der Waals surface area contributed by atoms with E-state index in [2.05, 4.69) is 9.71 Å². The largest absolute Gasteiger partial charge is 0.268 e. The summed E-state index contributed by atoms with van der Waals surface area (Å²) in [4.78, 5) is 5.04. The minimum absolute atomic E-state index is 0.0377. The predicted octanol–water partition coefficient (Wildman–Crippen LogP) is 1.57. The first-order valence-corrected chi connectivity index (χ1v) is 10.4. The lowest BCUT2D eigenvalue weighted by atomic mass is 10.1. The highest BCUT2D eigenvalue weighted by Gasteiger charge is 2.37. The number of aryl methyl sites for hydroxylation is 2. The Bertz CT molecular complexity index is 926. The van der Waals surface area contributed by atoms with Crippen molar-refractivity contribution in [2.75, 3.05) is 5.75 Å². The van der Waals surface area contributed by atoms with E-state index in [4.69, 9.17) is 0 Å². The van der Waals surface area contributed by atoms with Crippen LogP contribution in [-0.4, -0.2) is 27.6 Å². The molecule has 2 heterocycles. The van der Waals surface area contributed by atoms with E-state index in [-0.39, 0.29) is 15.0 Å². The monoisotopic (exact) mass is 358 g/mol. The molecule has 22 heavy (non-hydrogen) atoms. The van der Waals surface area contributed by atoms with Crippen LogP contribution in [0.2, 0.25) is 0 Å². The van der Waals surface area contributed by atoms with Crippen LogP contribution in [-0.2, 0) is 19.9 Å². The summed E-state index contributed by atoms with van der Waals surface area (Å²) in [6.07, 6.45) is 0. The number of hydrogen-bond donors (Lipinski definition) is 1. The molecule has 0 amide bonds. The molecule has 0 bridgehead atoms. The molecule has 1 aliphatic rings. The summed E-state index contributed by atoms with van der Waals surface area (Å²) >= 11 is 1.07. The zero-order valence-electron chi connectivity index (χ0n) is 11.9. The van der Waals surface area contributed by atoms with Crippen molar-refractivity contribution in [2.24, 2.45) is 0 Å². The number of thiazole rings is 1. The summed E-state index contributed by atoms with van der Waals surface area (Å²) in [5, 5.41) is 0. The van der Waals surface area contributed by atoms with Gasteiger partial charge in [-0.1, -0.05) is 18.2 Å². The van der Waals surface area contributed by atoms with Gasteiger partial charge in [0.05, 0.1) is 22.4 Å². The van der Waals surface area contributed by atoms with Gasteiger partial charge in [0.2, 0.25) is 4.34 Å². The predicted molar refractivity (Wildman–Crippen MR) is 83.1 cm³/mol. The fourth-order valence-electron chi connectivity index (χ4n) is 2.34. The van der Waals surface area contributed by atoms with Crippen LogP contribution in [0.15, 0.2) is 33.5 Å². The van der Waals surface area contributed by atoms with E-state index < -0.39 is 25.9 Å². The van der Waals surface area contributed by atoms with Gasteiger partial charge in [0.15, 0.2) is 9.84 Å². The van der Waals surface area contributed by atoms with Crippen LogP contribution in [0.5, 0.6) is 0 Å². The average Bonchev–Trinajstić information content (AvgIpc) is 2.89. The quantitative estimate of drug-likeness (QED) is 0.899. The fourth-order valence-corrected chi connectivity index (χ4v) is 6.72. The molecule has 0 saturated carbocycles. The Hall–Kier alpha value is -1.29. The summed E-state index contributed by atoms with van der Waals surface area (Å²) in [6.45, 7) is 3.53. The van der Waals surface area contributed by atoms with E-state index in [1.165, 1.54) is 6.07 Å². The van der Waals surface area contributed by atoms with Crippen molar-refractivity contribution in [3.63, 3.8) is 0 Å². The molecule has 0 aliphatic carbocycles. The Morgan fingerprint density at radius 1 is 1.27 bits per heavy atom. The van der Waals surface area contributed by atoms with Crippen LogP contribution in [0.25, 0.3) is 0 Å². The van der Waals surface area contributed by atoms with Gasteiger partial charge in [-0.05, 0) is 25.5 Å². The van der Waals surface area contributed by atoms with Gasteiger partial charge in [0.1, 0.15) is 0 Å². The molecule has 1 unspecified atom stereocenters. The minimum Gasteiger partial charge on any atom is -0.229 e. The lowest BCUT2D eigenvalue weighted by molar-refractivity contribution is 0.565. The molecule has 0 fully saturated rings. The Labute approximate surface area is 133 Å². The van der Waals surface area contributed by atoms with Gasteiger partial charge in [-0.2, -0.15) is 0 Å². The lowest BCUT2D eigenvalue weighted by Crippen LogP contribution is -2.29. The maximum absolute atomic E-state index is 12.4. The van der Waals surface area contributed by atoms with Crippen LogP contribution >= 0.6 is 11.3 Å². The Kier molecular flexibility index (Phi) is 3.63. The van der Waals surface area contributed by atoms with Crippen molar-refractivity contribution in [2.45, 2.75) is 29.1 Å². The van der Waals surface area contributed by atoms with Gasteiger partial charge < -0.3 is 0 Å². The SMILES string of the molecule is Cc1nc(S(=O)(=O)NC2CS(=O)(=O)c3ccccc32)sc1C. The molecule has 1 aromatic carbocycles. The summed E-state index contributed by atoms with van der Waals surface area (Å²) in [7, 11) is -7.30. The fraction of sp³-hybridized carbons (Fsp3) is 0.308. The molecule has 1 atom stereocenters. The maximum Gasteiger partial charge on any atom is 0.268 e. The Balaban J connectivity index is 1.98. The average molecular weight is 358 g/mol. The Morgan fingerprint density at radius 3 is 2.59 bits per heavy atom. The standard InChI is InChI=1S/C13H14N2O4S3/c1-8-9(2)20-13(14-8)22(18,19)15-11-7-21(16,17)12-6-4-3-5-10(11)12/h3-6,11,15H,7H2,1-2H3. The van der Waals surface area contributed by atoms with Gasteiger partial charge >= 0.3 is 0 Å². The number of fused-ring (bicyclic) bond motifs is 1. The highest BCUT2D eigenvalue weighted by molar-refractivity contribution is 7.92. The smallest absolute Gasteiger partial charge is 0.229 e. The highest BCUT2D eigenvalue weighted by Crippen LogP contribution is 2.34. The lowest BCUT2D eigenvalue weighted by Gasteiger charge is -2.11. The second-order valence-corrected chi connectivity index (χ2v) is 10.2. The van der Waals surface area contributed by atoms with Crippen molar-refractivity contribution >= 4 is 31.2 Å². The number of rotatable bonds is 3. The topological polar surface area (TPSA) is 93.2 Å². The Morgan fingerprint density at radius 2 is 1.95 bits per heavy atom. The van der Waals surface area contributed by atoms with E-state index in [9.17, 15) is 16.8 Å². The van der Waals surface area contributed by atoms with Crippen LogP contribution in [0.3, 0.4) is 0 Å². The molecule has 0 spiro atoms. The van der Waals surface area contributed by atoms with E-state index in [1.54, 1.807) is 32.0 Å². The second kappa shape index (κ2) is 5.12.